The molecule has 0 radical (unpaired) electrons. The lowest BCUT2D eigenvalue weighted by molar-refractivity contribution is 0.0942. The van der Waals surface area contributed by atoms with Crippen LogP contribution in [-0.2, 0) is 12.0 Å². The SMILES string of the molecule is CC(C)(C)c1ccccc1OCCNC(=O)c1csc(CN)n1.Cl. The number of nitrogens with two attached hydrogens (primary N) is 1. The first-order chi connectivity index (χ1) is 10.9. The molecule has 24 heavy (non-hydrogen) atoms. The maximum atomic E-state index is 11.9. The molecule has 0 fully saturated rings. The second-order valence-electron chi connectivity index (χ2n) is 6.18. The van der Waals surface area contributed by atoms with Crippen LogP contribution in [0, 0.1) is 0 Å². The van der Waals surface area contributed by atoms with E-state index in [0.717, 1.165) is 16.3 Å². The second kappa shape index (κ2) is 9.01. The van der Waals surface area contributed by atoms with Crippen LogP contribution in [0.2, 0.25) is 0 Å². The summed E-state index contributed by atoms with van der Waals surface area (Å²) in [5, 5.41) is 5.27. The lowest BCUT2D eigenvalue weighted by Gasteiger charge is -2.22. The van der Waals surface area contributed by atoms with E-state index in [9.17, 15) is 4.79 Å². The average molecular weight is 370 g/mol. The van der Waals surface area contributed by atoms with Gasteiger partial charge in [0.05, 0.1) is 6.54 Å². The molecular formula is C17H24ClN3O2S. The van der Waals surface area contributed by atoms with Crippen molar-refractivity contribution in [3.8, 4) is 5.75 Å². The summed E-state index contributed by atoms with van der Waals surface area (Å²) in [6.45, 7) is 7.63. The van der Waals surface area contributed by atoms with Gasteiger partial charge in [-0.1, -0.05) is 39.0 Å². The number of nitrogens with zero attached hydrogens (tertiary/aromatic N) is 1. The number of thiazole rings is 1. The molecule has 1 aromatic heterocycles. The molecule has 132 valence electrons. The van der Waals surface area contributed by atoms with E-state index in [1.807, 2.05) is 18.2 Å². The first kappa shape index (κ1) is 20.4. The van der Waals surface area contributed by atoms with Gasteiger partial charge in [-0.3, -0.25) is 4.79 Å². The van der Waals surface area contributed by atoms with E-state index in [-0.39, 0.29) is 23.7 Å². The van der Waals surface area contributed by atoms with Crippen molar-refractivity contribution in [1.29, 1.82) is 0 Å². The van der Waals surface area contributed by atoms with Crippen molar-refractivity contribution in [3.63, 3.8) is 0 Å². The predicted octanol–water partition coefficient (Wildman–Crippen LogP) is 3.13. The Morgan fingerprint density at radius 1 is 1.33 bits per heavy atom. The molecule has 2 rings (SSSR count). The van der Waals surface area contributed by atoms with E-state index >= 15 is 0 Å². The normalized spacial score (nSPS) is 10.8. The molecule has 1 aromatic carbocycles. The average Bonchev–Trinajstić information content (AvgIpc) is 3.00. The Morgan fingerprint density at radius 3 is 2.67 bits per heavy atom. The molecule has 5 nitrogen and oxygen atoms in total. The molecule has 0 saturated carbocycles. The zero-order valence-corrected chi connectivity index (χ0v) is 15.8. The van der Waals surface area contributed by atoms with Crippen LogP contribution in [-0.4, -0.2) is 24.0 Å². The van der Waals surface area contributed by atoms with E-state index in [1.165, 1.54) is 11.3 Å². The Hall–Kier alpha value is -1.63. The van der Waals surface area contributed by atoms with Gasteiger partial charge in [0.15, 0.2) is 0 Å². The Morgan fingerprint density at radius 2 is 2.04 bits per heavy atom. The van der Waals surface area contributed by atoms with Crippen LogP contribution >= 0.6 is 23.7 Å². The van der Waals surface area contributed by atoms with Gasteiger partial charge >= 0.3 is 0 Å². The predicted molar refractivity (Wildman–Crippen MR) is 100 cm³/mol. The number of para-hydroxylation sites is 1. The van der Waals surface area contributed by atoms with Crippen LogP contribution in [0.15, 0.2) is 29.6 Å². The highest BCUT2D eigenvalue weighted by Gasteiger charge is 2.18. The van der Waals surface area contributed by atoms with Crippen LogP contribution in [0.3, 0.4) is 0 Å². The van der Waals surface area contributed by atoms with Gasteiger partial charge in [0.25, 0.3) is 5.91 Å². The molecule has 7 heteroatoms. The summed E-state index contributed by atoms with van der Waals surface area (Å²) in [5.74, 6) is 0.655. The van der Waals surface area contributed by atoms with Gasteiger partial charge in [0.2, 0.25) is 0 Å². The van der Waals surface area contributed by atoms with Crippen LogP contribution in [0.25, 0.3) is 0 Å². The summed E-state index contributed by atoms with van der Waals surface area (Å²) in [7, 11) is 0. The first-order valence-corrected chi connectivity index (χ1v) is 8.44. The van der Waals surface area contributed by atoms with Crippen LogP contribution in [0.1, 0.15) is 41.8 Å². The molecule has 0 aliphatic carbocycles. The minimum Gasteiger partial charge on any atom is -0.491 e. The minimum absolute atomic E-state index is 0. The topological polar surface area (TPSA) is 77.2 Å². The summed E-state index contributed by atoms with van der Waals surface area (Å²) in [4.78, 5) is 16.1. The fourth-order valence-electron chi connectivity index (χ4n) is 2.14. The molecule has 0 atom stereocenters. The van der Waals surface area contributed by atoms with Crippen molar-refractivity contribution >= 4 is 29.7 Å². The van der Waals surface area contributed by atoms with Crippen molar-refractivity contribution in [2.24, 2.45) is 5.73 Å². The van der Waals surface area contributed by atoms with E-state index in [4.69, 9.17) is 10.5 Å². The van der Waals surface area contributed by atoms with Gasteiger partial charge in [-0.2, -0.15) is 0 Å². The van der Waals surface area contributed by atoms with Crippen molar-refractivity contribution in [1.82, 2.24) is 10.3 Å². The number of hydrogen-bond acceptors (Lipinski definition) is 5. The quantitative estimate of drug-likeness (QED) is 0.767. The summed E-state index contributed by atoms with van der Waals surface area (Å²) >= 11 is 1.39. The molecule has 1 heterocycles. The minimum atomic E-state index is -0.200. The van der Waals surface area contributed by atoms with Gasteiger partial charge in [0.1, 0.15) is 23.1 Å². The Labute approximate surface area is 153 Å². The molecule has 0 saturated heterocycles. The third-order valence-electron chi connectivity index (χ3n) is 3.30. The van der Waals surface area contributed by atoms with E-state index < -0.39 is 0 Å². The molecule has 0 spiro atoms. The molecular weight excluding hydrogens is 346 g/mol. The third-order valence-corrected chi connectivity index (χ3v) is 4.17. The third kappa shape index (κ3) is 5.47. The molecule has 1 amide bonds. The standard InChI is InChI=1S/C17H23N3O2S.ClH/c1-17(2,3)12-6-4-5-7-14(12)22-9-8-19-16(21)13-11-23-15(10-18)20-13;/h4-7,11H,8-10,18H2,1-3H3,(H,19,21);1H. The van der Waals surface area contributed by atoms with Crippen molar-refractivity contribution < 1.29 is 9.53 Å². The number of aromatic nitrogens is 1. The molecule has 0 aliphatic heterocycles. The van der Waals surface area contributed by atoms with Gasteiger partial charge in [-0.15, -0.1) is 23.7 Å². The number of benzene rings is 1. The summed E-state index contributed by atoms with van der Waals surface area (Å²) in [6.07, 6.45) is 0. The molecule has 0 unspecified atom stereocenters. The molecule has 0 bridgehead atoms. The summed E-state index contributed by atoms with van der Waals surface area (Å²) in [6, 6.07) is 7.98. The second-order valence-corrected chi connectivity index (χ2v) is 7.12. The monoisotopic (exact) mass is 369 g/mol. The lowest BCUT2D eigenvalue weighted by Crippen LogP contribution is -2.28. The maximum Gasteiger partial charge on any atom is 0.270 e. The zero-order chi connectivity index (χ0) is 16.9. The summed E-state index contributed by atoms with van der Waals surface area (Å²) < 4.78 is 5.82. The van der Waals surface area contributed by atoms with Crippen LogP contribution in [0.4, 0.5) is 0 Å². The Bertz CT molecular complexity index is 668. The van der Waals surface area contributed by atoms with E-state index in [0.29, 0.717) is 25.4 Å². The van der Waals surface area contributed by atoms with Gasteiger partial charge in [-0.25, -0.2) is 4.98 Å². The van der Waals surface area contributed by atoms with Crippen molar-refractivity contribution in [2.75, 3.05) is 13.2 Å². The smallest absolute Gasteiger partial charge is 0.270 e. The van der Waals surface area contributed by atoms with Gasteiger partial charge in [0, 0.05) is 11.9 Å². The fraction of sp³-hybridized carbons (Fsp3) is 0.412. The van der Waals surface area contributed by atoms with E-state index in [2.05, 4.69) is 37.1 Å². The fourth-order valence-corrected chi connectivity index (χ4v) is 2.79. The zero-order valence-electron chi connectivity index (χ0n) is 14.2. The largest absolute Gasteiger partial charge is 0.491 e. The number of amides is 1. The van der Waals surface area contributed by atoms with E-state index in [1.54, 1.807) is 5.38 Å². The molecule has 2 aromatic rings. The van der Waals surface area contributed by atoms with Crippen molar-refractivity contribution in [3.05, 3.63) is 45.9 Å². The highest BCUT2D eigenvalue weighted by atomic mass is 35.5. The van der Waals surface area contributed by atoms with Gasteiger partial charge < -0.3 is 15.8 Å². The van der Waals surface area contributed by atoms with Crippen LogP contribution in [0.5, 0.6) is 5.75 Å². The first-order valence-electron chi connectivity index (χ1n) is 7.57. The van der Waals surface area contributed by atoms with Crippen molar-refractivity contribution in [2.45, 2.75) is 32.7 Å². The number of rotatable bonds is 6. The summed E-state index contributed by atoms with van der Waals surface area (Å²) in [5.41, 5.74) is 7.07. The van der Waals surface area contributed by atoms with Crippen LogP contribution < -0.4 is 15.8 Å². The Kier molecular flexibility index (Phi) is 7.66. The highest BCUT2D eigenvalue weighted by Crippen LogP contribution is 2.30. The molecule has 3 N–H and O–H groups in total. The Balaban J connectivity index is 0.00000288. The number of carbonyl (C=O) groups is 1. The molecule has 0 aliphatic rings. The number of nitrogens with one attached hydrogen (secondary N) is 1. The number of halogens is 1. The number of hydrogen-bond donors (Lipinski definition) is 2. The van der Waals surface area contributed by atoms with Gasteiger partial charge in [-0.05, 0) is 17.0 Å². The maximum absolute atomic E-state index is 11.9. The highest BCUT2D eigenvalue weighted by molar-refractivity contribution is 7.09. The number of ether oxygens (including phenoxy) is 1. The number of carbonyl (C=O) groups excluding carboxylic acids is 1. The lowest BCUT2D eigenvalue weighted by atomic mass is 9.86.